The van der Waals surface area contributed by atoms with Crippen molar-refractivity contribution in [2.45, 2.75) is 38.8 Å². The lowest BCUT2D eigenvalue weighted by molar-refractivity contribution is -0.133. The fourth-order valence-corrected chi connectivity index (χ4v) is 3.16. The first-order valence-corrected chi connectivity index (χ1v) is 9.02. The average Bonchev–Trinajstić information content (AvgIpc) is 3.03. The molecule has 1 fully saturated rings. The van der Waals surface area contributed by atoms with E-state index >= 15 is 0 Å². The van der Waals surface area contributed by atoms with Crippen molar-refractivity contribution >= 4 is 5.91 Å². The van der Waals surface area contributed by atoms with Crippen LogP contribution in [0.3, 0.4) is 0 Å². The van der Waals surface area contributed by atoms with E-state index in [1.54, 1.807) is 14.2 Å². The number of methoxy groups -OCH3 is 2. The maximum atomic E-state index is 12.0. The highest BCUT2D eigenvalue weighted by Gasteiger charge is 2.19. The SMILES string of the molecule is COCc1nc(CCN2CCCCC2=O)n(Cc2ccc(OC)cc2)n1. The molecular formula is C19H26N4O3. The molecule has 2 aromatic rings. The highest BCUT2D eigenvalue weighted by atomic mass is 16.5. The highest BCUT2D eigenvalue weighted by Crippen LogP contribution is 2.15. The van der Waals surface area contributed by atoms with Gasteiger partial charge in [-0.05, 0) is 30.5 Å². The minimum absolute atomic E-state index is 0.245. The second-order valence-electron chi connectivity index (χ2n) is 6.47. The Morgan fingerprint density at radius 2 is 1.96 bits per heavy atom. The van der Waals surface area contributed by atoms with Crippen LogP contribution in [0.4, 0.5) is 0 Å². The van der Waals surface area contributed by atoms with Gasteiger partial charge in [0, 0.05) is 33.0 Å². The van der Waals surface area contributed by atoms with Crippen LogP contribution in [0.2, 0.25) is 0 Å². The Hall–Kier alpha value is -2.41. The van der Waals surface area contributed by atoms with Crippen LogP contribution < -0.4 is 4.74 Å². The van der Waals surface area contributed by atoms with Crippen molar-refractivity contribution < 1.29 is 14.3 Å². The lowest BCUT2D eigenvalue weighted by Crippen LogP contribution is -2.37. The van der Waals surface area contributed by atoms with Gasteiger partial charge in [0.15, 0.2) is 5.82 Å². The molecule has 0 radical (unpaired) electrons. The summed E-state index contributed by atoms with van der Waals surface area (Å²) < 4.78 is 12.3. The van der Waals surface area contributed by atoms with Crippen LogP contribution in [0.5, 0.6) is 5.75 Å². The van der Waals surface area contributed by atoms with Crippen molar-refractivity contribution in [1.82, 2.24) is 19.7 Å². The number of carbonyl (C=O) groups excluding carboxylic acids is 1. The predicted molar refractivity (Wildman–Crippen MR) is 97.0 cm³/mol. The van der Waals surface area contributed by atoms with Gasteiger partial charge in [-0.15, -0.1) is 0 Å². The molecule has 1 aromatic heterocycles. The number of carbonyl (C=O) groups is 1. The van der Waals surface area contributed by atoms with Crippen molar-refractivity contribution in [2.24, 2.45) is 0 Å². The third kappa shape index (κ3) is 4.60. The molecule has 1 aliphatic rings. The second kappa shape index (κ2) is 8.80. The third-order valence-corrected chi connectivity index (χ3v) is 4.58. The molecule has 2 heterocycles. The minimum Gasteiger partial charge on any atom is -0.497 e. The zero-order chi connectivity index (χ0) is 18.4. The van der Waals surface area contributed by atoms with Crippen molar-refractivity contribution in [1.29, 1.82) is 0 Å². The summed E-state index contributed by atoms with van der Waals surface area (Å²) in [6, 6.07) is 7.92. The van der Waals surface area contributed by atoms with Crippen LogP contribution in [0.25, 0.3) is 0 Å². The molecule has 0 aliphatic carbocycles. The molecular weight excluding hydrogens is 332 g/mol. The molecule has 3 rings (SSSR count). The molecule has 1 amide bonds. The molecule has 0 N–H and O–H groups in total. The zero-order valence-electron chi connectivity index (χ0n) is 15.5. The minimum atomic E-state index is 0.245. The predicted octanol–water partition coefficient (Wildman–Crippen LogP) is 2.04. The van der Waals surface area contributed by atoms with Gasteiger partial charge in [-0.25, -0.2) is 9.67 Å². The van der Waals surface area contributed by atoms with Gasteiger partial charge in [0.05, 0.1) is 13.7 Å². The van der Waals surface area contributed by atoms with E-state index in [9.17, 15) is 4.79 Å². The fourth-order valence-electron chi connectivity index (χ4n) is 3.16. The molecule has 7 nitrogen and oxygen atoms in total. The molecule has 1 aliphatic heterocycles. The van der Waals surface area contributed by atoms with E-state index in [2.05, 4.69) is 10.1 Å². The van der Waals surface area contributed by atoms with E-state index in [1.165, 1.54) is 0 Å². The average molecular weight is 358 g/mol. The zero-order valence-corrected chi connectivity index (χ0v) is 15.5. The maximum Gasteiger partial charge on any atom is 0.222 e. The Labute approximate surface area is 153 Å². The van der Waals surface area contributed by atoms with Gasteiger partial charge in [0.25, 0.3) is 0 Å². The smallest absolute Gasteiger partial charge is 0.222 e. The molecule has 0 saturated carbocycles. The number of benzene rings is 1. The summed E-state index contributed by atoms with van der Waals surface area (Å²) in [4.78, 5) is 18.6. The van der Waals surface area contributed by atoms with Gasteiger partial charge in [-0.2, -0.15) is 5.10 Å². The molecule has 1 aromatic carbocycles. The first kappa shape index (κ1) is 18.4. The number of amides is 1. The number of hydrogen-bond donors (Lipinski definition) is 0. The first-order valence-electron chi connectivity index (χ1n) is 9.02. The van der Waals surface area contributed by atoms with Crippen LogP contribution in [0, 0.1) is 0 Å². The Bertz CT molecular complexity index is 727. The molecule has 0 unspecified atom stereocenters. The van der Waals surface area contributed by atoms with Gasteiger partial charge < -0.3 is 14.4 Å². The third-order valence-electron chi connectivity index (χ3n) is 4.58. The van der Waals surface area contributed by atoms with Crippen LogP contribution >= 0.6 is 0 Å². The van der Waals surface area contributed by atoms with E-state index in [-0.39, 0.29) is 5.91 Å². The summed E-state index contributed by atoms with van der Waals surface area (Å²) in [6.45, 7) is 2.54. The van der Waals surface area contributed by atoms with Gasteiger partial charge in [-0.1, -0.05) is 12.1 Å². The second-order valence-corrected chi connectivity index (χ2v) is 6.47. The summed E-state index contributed by atoms with van der Waals surface area (Å²) in [7, 11) is 3.29. The molecule has 0 spiro atoms. The molecule has 0 bridgehead atoms. The van der Waals surface area contributed by atoms with Crippen LogP contribution in [0.1, 0.15) is 36.5 Å². The van der Waals surface area contributed by atoms with Crippen molar-refractivity contribution in [2.75, 3.05) is 27.3 Å². The number of nitrogens with zero attached hydrogens (tertiary/aromatic N) is 4. The summed E-state index contributed by atoms with van der Waals surface area (Å²) in [5, 5.41) is 4.57. The highest BCUT2D eigenvalue weighted by molar-refractivity contribution is 5.76. The first-order chi connectivity index (χ1) is 12.7. The van der Waals surface area contributed by atoms with Gasteiger partial charge in [-0.3, -0.25) is 4.79 Å². The van der Waals surface area contributed by atoms with E-state index in [1.807, 2.05) is 33.8 Å². The van der Waals surface area contributed by atoms with Crippen LogP contribution in [-0.4, -0.2) is 52.9 Å². The summed E-state index contributed by atoms with van der Waals surface area (Å²) in [5.74, 6) is 2.62. The van der Waals surface area contributed by atoms with E-state index in [4.69, 9.17) is 9.47 Å². The summed E-state index contributed by atoms with van der Waals surface area (Å²) in [5.41, 5.74) is 1.12. The normalized spacial score (nSPS) is 14.7. The Kier molecular flexibility index (Phi) is 6.22. The van der Waals surface area contributed by atoms with Crippen molar-refractivity contribution in [3.05, 3.63) is 41.5 Å². The quantitative estimate of drug-likeness (QED) is 0.722. The van der Waals surface area contributed by atoms with E-state index < -0.39 is 0 Å². The Morgan fingerprint density at radius 3 is 2.65 bits per heavy atom. The lowest BCUT2D eigenvalue weighted by Gasteiger charge is -2.26. The van der Waals surface area contributed by atoms with Crippen LogP contribution in [0.15, 0.2) is 24.3 Å². The number of piperidine rings is 1. The van der Waals surface area contributed by atoms with E-state index in [0.717, 1.165) is 36.5 Å². The van der Waals surface area contributed by atoms with Crippen molar-refractivity contribution in [3.63, 3.8) is 0 Å². The molecule has 26 heavy (non-hydrogen) atoms. The number of hydrogen-bond acceptors (Lipinski definition) is 5. The Balaban J connectivity index is 1.71. The van der Waals surface area contributed by atoms with Gasteiger partial charge >= 0.3 is 0 Å². The molecule has 7 heteroatoms. The van der Waals surface area contributed by atoms with Gasteiger partial charge in [0.2, 0.25) is 5.91 Å². The number of ether oxygens (including phenoxy) is 2. The summed E-state index contributed by atoms with van der Waals surface area (Å²) >= 11 is 0. The Morgan fingerprint density at radius 1 is 1.15 bits per heavy atom. The lowest BCUT2D eigenvalue weighted by atomic mass is 10.1. The molecule has 1 saturated heterocycles. The molecule has 140 valence electrons. The number of likely N-dealkylation sites (tertiary alicyclic amines) is 1. The fraction of sp³-hybridized carbons (Fsp3) is 0.526. The number of aromatic nitrogens is 3. The van der Waals surface area contributed by atoms with E-state index in [0.29, 0.717) is 38.4 Å². The molecule has 0 atom stereocenters. The largest absolute Gasteiger partial charge is 0.497 e. The maximum absolute atomic E-state index is 12.0. The van der Waals surface area contributed by atoms with Gasteiger partial charge in [0.1, 0.15) is 18.2 Å². The topological polar surface area (TPSA) is 69.5 Å². The number of rotatable bonds is 8. The van der Waals surface area contributed by atoms with Crippen LogP contribution in [-0.2, 0) is 29.1 Å². The standard InChI is InChI=1S/C19H26N4O3/c1-25-14-17-20-18(10-12-22-11-4-3-5-19(22)24)23(21-17)13-15-6-8-16(26-2)9-7-15/h6-9H,3-5,10-14H2,1-2H3. The van der Waals surface area contributed by atoms with Crippen molar-refractivity contribution in [3.8, 4) is 5.75 Å². The monoisotopic (exact) mass is 358 g/mol. The summed E-state index contributed by atoms with van der Waals surface area (Å²) in [6.07, 6.45) is 3.44.